The molecule has 2 heteroatoms. The Kier molecular flexibility index (Phi) is 2.98. The molecule has 1 aliphatic heterocycles. The van der Waals surface area contributed by atoms with E-state index in [0.29, 0.717) is 11.8 Å². The molecule has 1 heterocycles. The highest BCUT2D eigenvalue weighted by molar-refractivity contribution is 5.97. The first-order chi connectivity index (χ1) is 7.91. The zero-order chi connectivity index (χ0) is 12.6. The first-order valence-corrected chi connectivity index (χ1v) is 6.29. The van der Waals surface area contributed by atoms with Gasteiger partial charge in [0.1, 0.15) is 6.04 Å². The van der Waals surface area contributed by atoms with Crippen molar-refractivity contribution in [2.75, 3.05) is 0 Å². The topological polar surface area (TPSA) is 20.1 Å². The molecule has 1 amide bonds. The van der Waals surface area contributed by atoms with E-state index in [4.69, 9.17) is 0 Å². The number of carbonyl (C=O) groups is 1. The molecular weight excluding hydrogens is 210 g/mol. The maximum atomic E-state index is 11.8. The van der Waals surface area contributed by atoms with Crippen molar-refractivity contribution < 1.29 is 4.79 Å². The summed E-state index contributed by atoms with van der Waals surface area (Å²) in [6, 6.07) is 10.5. The first kappa shape index (κ1) is 12.2. The van der Waals surface area contributed by atoms with E-state index in [1.807, 2.05) is 11.0 Å². The number of carbonyl (C=O) groups excluding carboxylic acids is 1. The van der Waals surface area contributed by atoms with Crippen molar-refractivity contribution in [2.24, 2.45) is 0 Å². The van der Waals surface area contributed by atoms with Crippen molar-refractivity contribution in [2.45, 2.75) is 51.6 Å². The summed E-state index contributed by atoms with van der Waals surface area (Å²) in [5, 5.41) is 0. The van der Waals surface area contributed by atoms with Gasteiger partial charge in [-0.1, -0.05) is 37.3 Å². The minimum Gasteiger partial charge on any atom is -0.324 e. The highest BCUT2D eigenvalue weighted by Crippen LogP contribution is 2.37. The lowest BCUT2D eigenvalue weighted by Gasteiger charge is -2.21. The van der Waals surface area contributed by atoms with Crippen LogP contribution in [-0.4, -0.2) is 22.4 Å². The van der Waals surface area contributed by atoms with Gasteiger partial charge in [-0.05, 0) is 38.7 Å². The second kappa shape index (κ2) is 4.17. The molecule has 2 nitrogen and oxygen atoms in total. The van der Waals surface area contributed by atoms with Crippen LogP contribution < -0.4 is 0 Å². The van der Waals surface area contributed by atoms with Crippen LogP contribution in [0.25, 0.3) is 0 Å². The van der Waals surface area contributed by atoms with Gasteiger partial charge in [-0.25, -0.2) is 0 Å². The smallest absolute Gasteiger partial charge is 0.246 e. The summed E-state index contributed by atoms with van der Waals surface area (Å²) in [6.45, 7) is 8.48. The van der Waals surface area contributed by atoms with Crippen molar-refractivity contribution in [3.8, 4) is 0 Å². The Morgan fingerprint density at radius 2 is 1.82 bits per heavy atom. The third-order valence-electron chi connectivity index (χ3n) is 3.43. The third kappa shape index (κ3) is 2.51. The lowest BCUT2D eigenvalue weighted by Crippen LogP contribution is -2.28. The molecule has 1 fully saturated rings. The van der Waals surface area contributed by atoms with Gasteiger partial charge in [-0.15, -0.1) is 0 Å². The fourth-order valence-corrected chi connectivity index (χ4v) is 2.47. The van der Waals surface area contributed by atoms with Gasteiger partial charge in [0.05, 0.1) is 0 Å². The average molecular weight is 231 g/mol. The minimum atomic E-state index is -0.0296. The molecule has 0 N–H and O–H groups in total. The molecule has 0 aromatic heterocycles. The van der Waals surface area contributed by atoms with E-state index in [0.717, 1.165) is 6.42 Å². The van der Waals surface area contributed by atoms with Gasteiger partial charge < -0.3 is 4.90 Å². The van der Waals surface area contributed by atoms with E-state index in [9.17, 15) is 4.79 Å². The van der Waals surface area contributed by atoms with Crippen molar-refractivity contribution in [1.29, 1.82) is 0 Å². The van der Waals surface area contributed by atoms with Crippen LogP contribution in [0.3, 0.4) is 0 Å². The number of hydrogen-bond donors (Lipinski definition) is 0. The van der Waals surface area contributed by atoms with Crippen molar-refractivity contribution in [3.05, 3.63) is 35.9 Å². The maximum absolute atomic E-state index is 11.8. The van der Waals surface area contributed by atoms with Gasteiger partial charge in [0.15, 0.2) is 0 Å². The number of rotatable bonds is 3. The van der Waals surface area contributed by atoms with Crippen LogP contribution in [0.5, 0.6) is 0 Å². The molecule has 1 aliphatic rings. The molecule has 1 aromatic rings. The zero-order valence-electron chi connectivity index (χ0n) is 11.1. The molecule has 0 bridgehead atoms. The fourth-order valence-electron chi connectivity index (χ4n) is 2.47. The highest BCUT2D eigenvalue weighted by atomic mass is 16.2. The molecule has 17 heavy (non-hydrogen) atoms. The largest absolute Gasteiger partial charge is 0.324 e. The van der Waals surface area contributed by atoms with E-state index >= 15 is 0 Å². The Bertz CT molecular complexity index is 405. The standard InChI is InChI=1S/C15H21NO/c1-11(12-8-6-5-7-9-12)10-13-14(17)16(13)15(2,3)4/h5-9,11,13H,10H2,1-4H3. The number of amides is 1. The molecule has 2 atom stereocenters. The van der Waals surface area contributed by atoms with E-state index in [-0.39, 0.29) is 11.6 Å². The summed E-state index contributed by atoms with van der Waals surface area (Å²) in [4.78, 5) is 13.7. The summed E-state index contributed by atoms with van der Waals surface area (Å²) in [7, 11) is 0. The lowest BCUT2D eigenvalue weighted by atomic mass is 9.96. The molecule has 0 spiro atoms. The van der Waals surface area contributed by atoms with E-state index in [2.05, 4.69) is 52.0 Å². The van der Waals surface area contributed by atoms with Gasteiger partial charge in [-0.2, -0.15) is 0 Å². The Balaban J connectivity index is 1.98. The molecule has 92 valence electrons. The van der Waals surface area contributed by atoms with Gasteiger partial charge in [0, 0.05) is 5.54 Å². The monoisotopic (exact) mass is 231 g/mol. The zero-order valence-corrected chi connectivity index (χ0v) is 11.1. The highest BCUT2D eigenvalue weighted by Gasteiger charge is 2.51. The van der Waals surface area contributed by atoms with Crippen LogP contribution in [0.15, 0.2) is 30.3 Å². The Morgan fingerprint density at radius 1 is 1.24 bits per heavy atom. The van der Waals surface area contributed by atoms with E-state index in [1.165, 1.54) is 5.56 Å². The predicted molar refractivity (Wildman–Crippen MR) is 69.9 cm³/mol. The molecular formula is C15H21NO. The number of hydrogen-bond acceptors (Lipinski definition) is 1. The molecule has 0 saturated carbocycles. The number of benzene rings is 1. The molecule has 0 radical (unpaired) electrons. The van der Waals surface area contributed by atoms with Gasteiger partial charge in [-0.3, -0.25) is 4.79 Å². The second-order valence-electron chi connectivity index (χ2n) is 5.94. The molecule has 2 rings (SSSR count). The van der Waals surface area contributed by atoms with Crippen molar-refractivity contribution in [1.82, 2.24) is 4.90 Å². The summed E-state index contributed by atoms with van der Waals surface area (Å²) >= 11 is 0. The van der Waals surface area contributed by atoms with Crippen LogP contribution in [0.2, 0.25) is 0 Å². The molecule has 0 aliphatic carbocycles. The lowest BCUT2D eigenvalue weighted by molar-refractivity contribution is -0.115. The minimum absolute atomic E-state index is 0.0296. The van der Waals surface area contributed by atoms with Crippen LogP contribution in [-0.2, 0) is 4.79 Å². The molecule has 1 aromatic carbocycles. The molecule has 2 unspecified atom stereocenters. The molecule has 1 saturated heterocycles. The Labute approximate surface area is 104 Å². The van der Waals surface area contributed by atoms with Crippen LogP contribution in [0, 0.1) is 0 Å². The van der Waals surface area contributed by atoms with Crippen molar-refractivity contribution >= 4 is 5.91 Å². The van der Waals surface area contributed by atoms with Crippen molar-refractivity contribution in [3.63, 3.8) is 0 Å². The second-order valence-corrected chi connectivity index (χ2v) is 5.94. The van der Waals surface area contributed by atoms with Gasteiger partial charge in [0.2, 0.25) is 5.91 Å². The van der Waals surface area contributed by atoms with E-state index in [1.54, 1.807) is 0 Å². The van der Waals surface area contributed by atoms with Gasteiger partial charge >= 0.3 is 0 Å². The summed E-state index contributed by atoms with van der Waals surface area (Å²) in [5.74, 6) is 0.748. The van der Waals surface area contributed by atoms with Crippen LogP contribution >= 0.6 is 0 Å². The third-order valence-corrected chi connectivity index (χ3v) is 3.43. The maximum Gasteiger partial charge on any atom is 0.246 e. The quantitative estimate of drug-likeness (QED) is 0.731. The summed E-state index contributed by atoms with van der Waals surface area (Å²) in [6.07, 6.45) is 0.931. The fraction of sp³-hybridized carbons (Fsp3) is 0.533. The van der Waals surface area contributed by atoms with Crippen LogP contribution in [0.4, 0.5) is 0 Å². The average Bonchev–Trinajstić information content (AvgIpc) is 2.90. The normalized spacial score (nSPS) is 21.5. The number of nitrogens with zero attached hydrogens (tertiary/aromatic N) is 1. The SMILES string of the molecule is CC(CC1C(=O)N1C(C)(C)C)c1ccccc1. The first-order valence-electron chi connectivity index (χ1n) is 6.29. The Hall–Kier alpha value is -1.31. The van der Waals surface area contributed by atoms with Crippen LogP contribution in [0.1, 0.15) is 45.6 Å². The predicted octanol–water partition coefficient (Wildman–Crippen LogP) is 3.19. The Morgan fingerprint density at radius 3 is 2.29 bits per heavy atom. The van der Waals surface area contributed by atoms with Gasteiger partial charge in [0.25, 0.3) is 0 Å². The summed E-state index contributed by atoms with van der Waals surface area (Å²) in [5.41, 5.74) is 1.29. The summed E-state index contributed by atoms with van der Waals surface area (Å²) < 4.78 is 0. The van der Waals surface area contributed by atoms with E-state index < -0.39 is 0 Å².